The van der Waals surface area contributed by atoms with Crippen LogP contribution in [0.5, 0.6) is 0 Å². The second kappa shape index (κ2) is 12.7. The summed E-state index contributed by atoms with van der Waals surface area (Å²) in [5.74, 6) is -1.72. The molecule has 3 aromatic rings. The summed E-state index contributed by atoms with van der Waals surface area (Å²) < 4.78 is 39.2. The molecule has 0 aromatic carbocycles. The highest BCUT2D eigenvalue weighted by atomic mass is 35.5. The number of hydrogen-bond acceptors (Lipinski definition) is 8. The summed E-state index contributed by atoms with van der Waals surface area (Å²) in [4.78, 5) is 41.6. The molecule has 1 atom stereocenters. The summed E-state index contributed by atoms with van der Waals surface area (Å²) in [5, 5.41) is 11.3. The molecule has 3 heterocycles. The van der Waals surface area contributed by atoms with Gasteiger partial charge >= 0.3 is 6.18 Å². The Balaban J connectivity index is 1.65. The highest BCUT2D eigenvalue weighted by Crippen LogP contribution is 2.35. The van der Waals surface area contributed by atoms with Gasteiger partial charge in [-0.2, -0.15) is 13.2 Å². The highest BCUT2D eigenvalue weighted by Gasteiger charge is 2.34. The Morgan fingerprint density at radius 3 is 2.57 bits per heavy atom. The van der Waals surface area contributed by atoms with Crippen molar-refractivity contribution in [3.63, 3.8) is 0 Å². The summed E-state index contributed by atoms with van der Waals surface area (Å²) in [5.41, 5.74) is -0.457. The number of alkyl halides is 3. The van der Waals surface area contributed by atoms with Crippen LogP contribution in [-0.4, -0.2) is 43.3 Å². The van der Waals surface area contributed by atoms with E-state index in [4.69, 9.17) is 28.3 Å². The number of rotatable bonds is 11. The molecular weight excluding hydrogens is 554 g/mol. The smallest absolute Gasteiger partial charge is 0.396 e. The van der Waals surface area contributed by atoms with Crippen molar-refractivity contribution in [1.29, 1.82) is 0 Å². The van der Waals surface area contributed by atoms with E-state index in [1.54, 1.807) is 6.92 Å². The van der Waals surface area contributed by atoms with Crippen molar-refractivity contribution in [2.75, 3.05) is 11.9 Å². The lowest BCUT2D eigenvalue weighted by Crippen LogP contribution is -2.13. The van der Waals surface area contributed by atoms with Gasteiger partial charge in [0.2, 0.25) is 0 Å². The van der Waals surface area contributed by atoms with Crippen molar-refractivity contribution in [3.05, 3.63) is 61.7 Å². The second-order valence-electron chi connectivity index (χ2n) is 8.11. The number of carbonyl (C=O) groups excluding carboxylic acids is 2. The molecule has 0 spiro atoms. The Kier molecular flexibility index (Phi) is 9.93. The van der Waals surface area contributed by atoms with Crippen LogP contribution in [0.1, 0.15) is 75.0 Å². The molecule has 1 amide bonds. The maximum atomic E-state index is 13.1. The number of unbranched alkanes of at least 4 members (excludes halogenated alkanes) is 2. The van der Waals surface area contributed by atoms with E-state index in [1.165, 1.54) is 12.5 Å². The Labute approximate surface area is 224 Å². The van der Waals surface area contributed by atoms with Gasteiger partial charge in [-0.1, -0.05) is 36.5 Å². The minimum absolute atomic E-state index is 0.0168. The lowest BCUT2D eigenvalue weighted by atomic mass is 10.0. The number of pyridine rings is 1. The minimum atomic E-state index is -4.70. The molecule has 0 bridgehead atoms. The number of Topliss-reactive ketones (excluding diaryl/α,β-unsaturated/α-hetero) is 1. The number of nitrogens with zero attached hydrogens (tertiary/aromatic N) is 4. The molecule has 198 valence electrons. The summed E-state index contributed by atoms with van der Waals surface area (Å²) >= 11 is 12.9. The van der Waals surface area contributed by atoms with Crippen LogP contribution >= 0.6 is 34.5 Å². The summed E-state index contributed by atoms with van der Waals surface area (Å²) in [6, 6.07) is 0.649. The average molecular weight is 576 g/mol. The van der Waals surface area contributed by atoms with Gasteiger partial charge in [-0.05, 0) is 25.3 Å². The summed E-state index contributed by atoms with van der Waals surface area (Å²) in [6.45, 7) is 1.86. The van der Waals surface area contributed by atoms with E-state index in [9.17, 15) is 22.8 Å². The molecule has 0 saturated carbocycles. The molecule has 0 aliphatic carbocycles. The number of thiazole rings is 1. The van der Waals surface area contributed by atoms with E-state index in [1.807, 2.05) is 0 Å². The normalized spacial score (nSPS) is 12.4. The molecule has 1 unspecified atom stereocenters. The van der Waals surface area contributed by atoms with E-state index in [0.717, 1.165) is 30.4 Å². The molecule has 37 heavy (non-hydrogen) atoms. The first-order chi connectivity index (χ1) is 17.5. The molecule has 0 aliphatic rings. The number of amides is 1. The molecule has 0 saturated heterocycles. The topological polar surface area (TPSA) is 118 Å². The van der Waals surface area contributed by atoms with E-state index in [2.05, 4.69) is 25.3 Å². The Morgan fingerprint density at radius 2 is 1.86 bits per heavy atom. The van der Waals surface area contributed by atoms with Crippen LogP contribution in [0.3, 0.4) is 0 Å². The van der Waals surface area contributed by atoms with E-state index in [0.29, 0.717) is 29.6 Å². The lowest BCUT2D eigenvalue weighted by molar-refractivity contribution is -0.137. The number of anilines is 1. The quantitative estimate of drug-likeness (QED) is 0.213. The monoisotopic (exact) mass is 575 g/mol. The van der Waals surface area contributed by atoms with Crippen LogP contribution in [0.2, 0.25) is 10.0 Å². The van der Waals surface area contributed by atoms with Crippen molar-refractivity contribution in [1.82, 2.24) is 19.9 Å². The fourth-order valence-corrected chi connectivity index (χ4v) is 4.71. The van der Waals surface area contributed by atoms with Gasteiger partial charge in [0, 0.05) is 25.1 Å². The maximum Gasteiger partial charge on any atom is 0.418 e. The number of carbonyl (C=O) groups is 2. The largest absolute Gasteiger partial charge is 0.418 e. The zero-order valence-corrected chi connectivity index (χ0v) is 21.8. The Hall–Kier alpha value is -2.67. The molecule has 3 aromatic heterocycles. The van der Waals surface area contributed by atoms with Gasteiger partial charge in [0.05, 0.1) is 32.5 Å². The predicted octanol–water partition coefficient (Wildman–Crippen LogP) is 5.99. The summed E-state index contributed by atoms with van der Waals surface area (Å²) in [7, 11) is 0. The molecule has 14 heteroatoms. The number of aromatic nitrogens is 4. The van der Waals surface area contributed by atoms with Gasteiger partial charge in [0.1, 0.15) is 22.7 Å². The number of aryl methyl sites for hydroxylation is 1. The maximum absolute atomic E-state index is 13.1. The fraction of sp³-hybridized carbons (Fsp3) is 0.391. The number of nitrogens with one attached hydrogen (secondary N) is 1. The van der Waals surface area contributed by atoms with Gasteiger partial charge in [0.25, 0.3) is 5.91 Å². The number of halogens is 5. The van der Waals surface area contributed by atoms with Crippen LogP contribution in [-0.2, 0) is 12.6 Å². The van der Waals surface area contributed by atoms with E-state index < -0.39 is 22.7 Å². The molecule has 0 radical (unpaired) electrons. The first kappa shape index (κ1) is 28.9. The van der Waals surface area contributed by atoms with Crippen LogP contribution < -0.4 is 5.32 Å². The number of ketones is 1. The van der Waals surface area contributed by atoms with Crippen LogP contribution in [0.25, 0.3) is 0 Å². The molecule has 0 aliphatic heterocycles. The zero-order valence-electron chi connectivity index (χ0n) is 19.5. The van der Waals surface area contributed by atoms with Gasteiger partial charge < -0.3 is 10.4 Å². The lowest BCUT2D eigenvalue weighted by Gasteiger charge is -2.10. The third kappa shape index (κ3) is 7.67. The van der Waals surface area contributed by atoms with E-state index >= 15 is 0 Å². The number of aliphatic hydroxyl groups is 1. The standard InChI is InChI=1S/C23H22Cl2F3N5O3S/c1-12(7-16(35)20-19(25)15(31-11-32-20)5-3-2-4-6-34)22-30-10-17(37-22)21(36)33-18-8-13(23(26,27)28)14(24)9-29-18/h8-12,34H,2-7H2,1H3,(H,29,33,36). The van der Waals surface area contributed by atoms with Crippen molar-refractivity contribution >= 4 is 52.0 Å². The van der Waals surface area contributed by atoms with Gasteiger partial charge in [0.15, 0.2) is 5.78 Å². The predicted molar refractivity (Wildman–Crippen MR) is 133 cm³/mol. The fourth-order valence-electron chi connectivity index (χ4n) is 3.34. The van der Waals surface area contributed by atoms with Crippen molar-refractivity contribution in [2.45, 2.75) is 51.1 Å². The Morgan fingerprint density at radius 1 is 1.11 bits per heavy atom. The molecule has 0 fully saturated rings. The van der Waals surface area contributed by atoms with Crippen LogP contribution in [0.15, 0.2) is 24.8 Å². The summed E-state index contributed by atoms with van der Waals surface area (Å²) in [6.07, 6.45) is 1.47. The van der Waals surface area contributed by atoms with E-state index in [-0.39, 0.29) is 46.1 Å². The first-order valence-corrected chi connectivity index (χ1v) is 12.7. The van der Waals surface area contributed by atoms with Crippen molar-refractivity contribution < 1.29 is 27.9 Å². The van der Waals surface area contributed by atoms with Crippen molar-refractivity contribution in [3.8, 4) is 0 Å². The third-order valence-corrected chi connectivity index (χ3v) is 7.19. The van der Waals surface area contributed by atoms with Crippen LogP contribution in [0, 0.1) is 0 Å². The SMILES string of the molecule is CC(CC(=O)c1ncnc(CCCCCO)c1Cl)c1ncc(C(=O)Nc2cc(C(F)(F)F)c(Cl)cn2)s1. The van der Waals surface area contributed by atoms with Gasteiger partial charge in [-0.15, -0.1) is 11.3 Å². The Bertz CT molecular complexity index is 1270. The zero-order chi connectivity index (χ0) is 27.2. The highest BCUT2D eigenvalue weighted by molar-refractivity contribution is 7.13. The van der Waals surface area contributed by atoms with Crippen LogP contribution in [0.4, 0.5) is 19.0 Å². The molecule has 2 N–H and O–H groups in total. The minimum Gasteiger partial charge on any atom is -0.396 e. The van der Waals surface area contributed by atoms with Gasteiger partial charge in [-0.25, -0.2) is 19.9 Å². The molecule has 8 nitrogen and oxygen atoms in total. The number of hydrogen-bond donors (Lipinski definition) is 2. The average Bonchev–Trinajstić information content (AvgIpc) is 3.34. The molecular formula is C23H22Cl2F3N5O3S. The number of aliphatic hydroxyl groups excluding tert-OH is 1. The van der Waals surface area contributed by atoms with Crippen molar-refractivity contribution in [2.24, 2.45) is 0 Å². The second-order valence-corrected chi connectivity index (χ2v) is 9.96. The first-order valence-electron chi connectivity index (χ1n) is 11.1. The molecule has 3 rings (SSSR count). The third-order valence-electron chi connectivity index (χ3n) is 5.26. The van der Waals surface area contributed by atoms with Gasteiger partial charge in [-0.3, -0.25) is 9.59 Å².